The average molecular weight is 159 g/mol. The van der Waals surface area contributed by atoms with Gasteiger partial charge in [0.2, 0.25) is 0 Å². The molecule has 10 heavy (non-hydrogen) atoms. The van der Waals surface area contributed by atoms with E-state index in [-0.39, 0.29) is 0 Å². The molecule has 0 aromatic carbocycles. The summed E-state index contributed by atoms with van der Waals surface area (Å²) in [4.78, 5) is -0.747. The smallest absolute Gasteiger partial charge is 0.125 e. The van der Waals surface area contributed by atoms with Crippen molar-refractivity contribution in [2.75, 3.05) is 0 Å². The van der Waals surface area contributed by atoms with Gasteiger partial charge in [0.15, 0.2) is 0 Å². The second kappa shape index (κ2) is 4.55. The van der Waals surface area contributed by atoms with Gasteiger partial charge in [0, 0.05) is 12.0 Å². The van der Waals surface area contributed by atoms with Gasteiger partial charge in [-0.25, -0.2) is 0 Å². The summed E-state index contributed by atoms with van der Waals surface area (Å²) in [5.41, 5.74) is 5.66. The monoisotopic (exact) mass is 159 g/mol. The Bertz CT molecular complexity index is 131. The first-order chi connectivity index (χ1) is 4.68. The highest BCUT2D eigenvalue weighted by molar-refractivity contribution is 7.95. The van der Waals surface area contributed by atoms with Crippen LogP contribution in [0.2, 0.25) is 0 Å². The van der Waals surface area contributed by atoms with Crippen LogP contribution in [0.25, 0.3) is 0 Å². The first kappa shape index (κ1) is 9.75. The fraction of sp³-hybridized carbons (Fsp3) is 0.429. The maximum Gasteiger partial charge on any atom is 0.125 e. The van der Waals surface area contributed by atoms with Gasteiger partial charge in [0.05, 0.1) is 0 Å². The van der Waals surface area contributed by atoms with Gasteiger partial charge in [0.25, 0.3) is 0 Å². The lowest BCUT2D eigenvalue weighted by atomic mass is 10.2. The molecule has 0 amide bonds. The molecule has 0 aromatic heterocycles. The lowest BCUT2D eigenvalue weighted by Gasteiger charge is -2.15. The number of allylic oxidation sites excluding steroid dienone is 2. The fourth-order valence-corrected chi connectivity index (χ4v) is 1.03. The van der Waals surface area contributed by atoms with Crippen molar-refractivity contribution in [1.29, 1.82) is 0 Å². The van der Waals surface area contributed by atoms with E-state index in [1.807, 2.05) is 26.0 Å². The van der Waals surface area contributed by atoms with Gasteiger partial charge in [-0.2, -0.15) is 0 Å². The van der Waals surface area contributed by atoms with Crippen molar-refractivity contribution in [2.24, 2.45) is 5.73 Å². The lowest BCUT2D eigenvalue weighted by molar-refractivity contribution is 0.644. The minimum atomic E-state index is -0.747. The molecule has 0 heterocycles. The van der Waals surface area contributed by atoms with Gasteiger partial charge in [-0.3, -0.25) is 0 Å². The summed E-state index contributed by atoms with van der Waals surface area (Å²) >= 11 is 0.626. The Morgan fingerprint density at radius 1 is 1.30 bits per heavy atom. The van der Waals surface area contributed by atoms with Crippen LogP contribution in [0.15, 0.2) is 24.3 Å². The standard InChI is InChI=1S/C7H13NOS/c1-3-5-7(8,10-9)6-4-2/h3-6,9H,8H2,1-2H3. The topological polar surface area (TPSA) is 46.2 Å². The minimum absolute atomic E-state index is 0.626. The maximum absolute atomic E-state index is 8.74. The predicted octanol–water partition coefficient (Wildman–Crippen LogP) is 2.00. The Hall–Kier alpha value is -0.250. The molecule has 58 valence electrons. The molecule has 3 N–H and O–H groups in total. The van der Waals surface area contributed by atoms with E-state index in [9.17, 15) is 0 Å². The fourth-order valence-electron chi connectivity index (χ4n) is 0.637. The van der Waals surface area contributed by atoms with Crippen molar-refractivity contribution >= 4 is 12.0 Å². The Balaban J connectivity index is 4.22. The van der Waals surface area contributed by atoms with Crippen LogP contribution >= 0.6 is 12.0 Å². The van der Waals surface area contributed by atoms with Gasteiger partial charge in [-0.1, -0.05) is 24.3 Å². The second-order valence-electron chi connectivity index (χ2n) is 1.94. The number of hydrogen-bond acceptors (Lipinski definition) is 3. The second-order valence-corrected chi connectivity index (χ2v) is 2.83. The molecule has 0 aliphatic rings. The third kappa shape index (κ3) is 3.06. The van der Waals surface area contributed by atoms with Gasteiger partial charge in [0.1, 0.15) is 4.87 Å². The van der Waals surface area contributed by atoms with Crippen LogP contribution < -0.4 is 5.73 Å². The highest BCUT2D eigenvalue weighted by atomic mass is 32.2. The Kier molecular flexibility index (Phi) is 4.43. The van der Waals surface area contributed by atoms with Crippen LogP contribution in [0.4, 0.5) is 0 Å². The first-order valence-corrected chi connectivity index (χ1v) is 3.85. The Labute approximate surface area is 66.0 Å². The number of rotatable bonds is 3. The van der Waals surface area contributed by atoms with Crippen LogP contribution in [0.1, 0.15) is 13.8 Å². The molecule has 0 saturated heterocycles. The van der Waals surface area contributed by atoms with Crippen molar-refractivity contribution in [3.63, 3.8) is 0 Å². The van der Waals surface area contributed by atoms with Gasteiger partial charge >= 0.3 is 0 Å². The predicted molar refractivity (Wildman–Crippen MR) is 46.8 cm³/mol. The summed E-state index contributed by atoms with van der Waals surface area (Å²) in [5.74, 6) is 0. The average Bonchev–Trinajstić information content (AvgIpc) is 1.89. The zero-order valence-electron chi connectivity index (χ0n) is 6.24. The summed E-state index contributed by atoms with van der Waals surface area (Å²) in [6.45, 7) is 3.72. The van der Waals surface area contributed by atoms with Crippen LogP contribution in [0.3, 0.4) is 0 Å². The Morgan fingerprint density at radius 2 is 1.70 bits per heavy atom. The van der Waals surface area contributed by atoms with Gasteiger partial charge in [-0.15, -0.1) is 0 Å². The van der Waals surface area contributed by atoms with Crippen molar-refractivity contribution in [3.8, 4) is 0 Å². The van der Waals surface area contributed by atoms with E-state index >= 15 is 0 Å². The minimum Gasteiger partial charge on any atom is -0.328 e. The van der Waals surface area contributed by atoms with E-state index in [0.717, 1.165) is 0 Å². The molecule has 0 atom stereocenters. The van der Waals surface area contributed by atoms with Crippen molar-refractivity contribution in [2.45, 2.75) is 18.7 Å². The molecule has 0 aromatic rings. The van der Waals surface area contributed by atoms with E-state index in [2.05, 4.69) is 0 Å². The zero-order valence-corrected chi connectivity index (χ0v) is 7.06. The number of nitrogens with two attached hydrogens (primary N) is 1. The Morgan fingerprint density at radius 3 is 1.90 bits per heavy atom. The van der Waals surface area contributed by atoms with Crippen molar-refractivity contribution in [3.05, 3.63) is 24.3 Å². The van der Waals surface area contributed by atoms with Gasteiger partial charge < -0.3 is 10.3 Å². The molecule has 0 unspecified atom stereocenters. The molecule has 0 spiro atoms. The zero-order chi connectivity index (χ0) is 8.04. The van der Waals surface area contributed by atoms with Crippen LogP contribution in [0, 0.1) is 0 Å². The molecule has 0 fully saturated rings. The summed E-state index contributed by atoms with van der Waals surface area (Å²) in [7, 11) is 0. The van der Waals surface area contributed by atoms with Crippen molar-refractivity contribution < 1.29 is 4.55 Å². The molecule has 0 radical (unpaired) electrons. The molecular weight excluding hydrogens is 146 g/mol. The summed E-state index contributed by atoms with van der Waals surface area (Å²) < 4.78 is 8.74. The molecule has 0 aliphatic carbocycles. The van der Waals surface area contributed by atoms with Gasteiger partial charge in [-0.05, 0) is 13.8 Å². The van der Waals surface area contributed by atoms with E-state index in [1.54, 1.807) is 12.2 Å². The van der Waals surface area contributed by atoms with Crippen molar-refractivity contribution in [1.82, 2.24) is 0 Å². The highest BCUT2D eigenvalue weighted by Gasteiger charge is 2.15. The summed E-state index contributed by atoms with van der Waals surface area (Å²) in [5, 5.41) is 0. The third-order valence-corrected chi connectivity index (χ3v) is 1.60. The summed E-state index contributed by atoms with van der Waals surface area (Å²) in [6.07, 6.45) is 7.09. The molecule has 2 nitrogen and oxygen atoms in total. The van der Waals surface area contributed by atoms with E-state index < -0.39 is 4.87 Å². The normalized spacial score (nSPS) is 18.4. The quantitative estimate of drug-likeness (QED) is 0.376. The molecular formula is C7H13NOS. The van der Waals surface area contributed by atoms with E-state index in [0.29, 0.717) is 12.0 Å². The van der Waals surface area contributed by atoms with E-state index in [4.69, 9.17) is 10.3 Å². The molecule has 0 bridgehead atoms. The maximum atomic E-state index is 8.74. The summed E-state index contributed by atoms with van der Waals surface area (Å²) in [6, 6.07) is 0. The van der Waals surface area contributed by atoms with Crippen LogP contribution in [0.5, 0.6) is 0 Å². The number of hydrogen-bond donors (Lipinski definition) is 2. The largest absolute Gasteiger partial charge is 0.328 e. The molecule has 0 saturated carbocycles. The molecule has 3 heteroatoms. The lowest BCUT2D eigenvalue weighted by Crippen LogP contribution is -2.30. The SMILES string of the molecule is CC=CC(N)(C=CC)SO. The van der Waals surface area contributed by atoms with Crippen LogP contribution in [-0.2, 0) is 0 Å². The van der Waals surface area contributed by atoms with Crippen LogP contribution in [-0.4, -0.2) is 9.42 Å². The molecule has 0 rings (SSSR count). The highest BCUT2D eigenvalue weighted by Crippen LogP contribution is 2.18. The van der Waals surface area contributed by atoms with E-state index in [1.165, 1.54) is 0 Å². The molecule has 0 aliphatic heterocycles. The third-order valence-electron chi connectivity index (χ3n) is 1.01. The first-order valence-electron chi connectivity index (χ1n) is 3.07.